The number of ether oxygens (including phenoxy) is 2. The molecule has 2 atom stereocenters. The molecule has 0 saturated heterocycles. The van der Waals surface area contributed by atoms with E-state index in [-0.39, 0.29) is 39.0 Å². The Morgan fingerprint density at radius 3 is 1.35 bits per heavy atom. The second kappa shape index (κ2) is 42.9. The van der Waals surface area contributed by atoms with Crippen molar-refractivity contribution in [3.8, 4) is 0 Å². The quantitative estimate of drug-likeness (QED) is 0.0256. The van der Waals surface area contributed by atoms with Crippen LogP contribution in [0.25, 0.3) is 0 Å². The molecule has 1 aliphatic rings. The van der Waals surface area contributed by atoms with E-state index in [1.54, 1.807) is 0 Å². The van der Waals surface area contributed by atoms with Gasteiger partial charge in [-0.1, -0.05) is 200 Å². The van der Waals surface area contributed by atoms with Crippen molar-refractivity contribution < 1.29 is 52.0 Å². The zero-order valence-electron chi connectivity index (χ0n) is 41.1. The number of amides is 3. The average molecular weight is 941 g/mol. The van der Waals surface area contributed by atoms with Gasteiger partial charge < -0.3 is 19.7 Å². The predicted molar refractivity (Wildman–Crippen MR) is 259 cm³/mol. The lowest BCUT2D eigenvalue weighted by Gasteiger charge is -2.20. The van der Waals surface area contributed by atoms with Gasteiger partial charge in [-0.3, -0.25) is 33.0 Å². The first-order valence-corrected chi connectivity index (χ1v) is 27.9. The van der Waals surface area contributed by atoms with Crippen LogP contribution in [0.5, 0.6) is 0 Å². The van der Waals surface area contributed by atoms with Crippen LogP contribution in [-0.4, -0.2) is 78.5 Å². The SMILES string of the molecule is CCCCCCCCCCCCCCCCCC(=O)OC[C@H](COP(=O)(O)OCCNCCCCCC(=O)N1C(=O)C=CC1=O)OC(=O)CCCCCCCCCCCCCCCCC. The van der Waals surface area contributed by atoms with Crippen LogP contribution < -0.4 is 5.32 Å². The van der Waals surface area contributed by atoms with Crippen molar-refractivity contribution in [2.45, 2.75) is 251 Å². The van der Waals surface area contributed by atoms with Crippen LogP contribution in [0, 0.1) is 0 Å². The van der Waals surface area contributed by atoms with Gasteiger partial charge in [-0.25, -0.2) is 9.46 Å². The molecule has 65 heavy (non-hydrogen) atoms. The van der Waals surface area contributed by atoms with Gasteiger partial charge in [0.25, 0.3) is 11.8 Å². The van der Waals surface area contributed by atoms with Crippen molar-refractivity contribution in [2.75, 3.05) is 32.9 Å². The average Bonchev–Trinajstić information content (AvgIpc) is 3.63. The van der Waals surface area contributed by atoms with Crippen LogP contribution in [-0.2, 0) is 47.1 Å². The summed E-state index contributed by atoms with van der Waals surface area (Å²) >= 11 is 0. The van der Waals surface area contributed by atoms with Crippen molar-refractivity contribution in [3.05, 3.63) is 12.2 Å². The van der Waals surface area contributed by atoms with E-state index in [1.165, 1.54) is 141 Å². The topological polar surface area (TPSA) is 175 Å². The molecule has 0 spiro atoms. The number of unbranched alkanes of at least 4 members (excludes halogenated alkanes) is 30. The molecule has 0 saturated carbocycles. The molecular formula is C51H93N2O11P. The van der Waals surface area contributed by atoms with Gasteiger partial charge in [0, 0.05) is 38.0 Å². The smallest absolute Gasteiger partial charge is 0.462 e. The summed E-state index contributed by atoms with van der Waals surface area (Å²) in [5, 5.41) is 3.09. The molecule has 1 heterocycles. The molecule has 0 aromatic rings. The molecule has 0 fully saturated rings. The monoisotopic (exact) mass is 941 g/mol. The molecule has 1 rings (SSSR count). The van der Waals surface area contributed by atoms with Crippen molar-refractivity contribution in [1.82, 2.24) is 10.2 Å². The third-order valence-corrected chi connectivity index (χ3v) is 12.9. The minimum atomic E-state index is -4.51. The Morgan fingerprint density at radius 1 is 0.523 bits per heavy atom. The van der Waals surface area contributed by atoms with E-state index >= 15 is 0 Å². The summed E-state index contributed by atoms with van der Waals surface area (Å²) in [4.78, 5) is 71.8. The van der Waals surface area contributed by atoms with Gasteiger partial charge in [0.05, 0.1) is 13.2 Å². The summed E-state index contributed by atoms with van der Waals surface area (Å²) in [6.07, 6.45) is 40.3. The van der Waals surface area contributed by atoms with E-state index in [0.29, 0.717) is 43.5 Å². The Hall–Kier alpha value is -2.44. The zero-order chi connectivity index (χ0) is 47.5. The van der Waals surface area contributed by atoms with E-state index < -0.39 is 50.2 Å². The number of imide groups is 3. The van der Waals surface area contributed by atoms with Gasteiger partial charge in [0.15, 0.2) is 6.10 Å². The molecule has 378 valence electrons. The lowest BCUT2D eigenvalue weighted by Crippen LogP contribution is -2.36. The van der Waals surface area contributed by atoms with Crippen molar-refractivity contribution in [1.29, 1.82) is 0 Å². The molecule has 13 nitrogen and oxygen atoms in total. The summed E-state index contributed by atoms with van der Waals surface area (Å²) in [6.45, 7) is 4.43. The van der Waals surface area contributed by atoms with Crippen LogP contribution in [0.3, 0.4) is 0 Å². The lowest BCUT2D eigenvalue weighted by atomic mass is 10.0. The molecule has 0 aliphatic carbocycles. The maximum absolute atomic E-state index is 12.8. The first-order valence-electron chi connectivity index (χ1n) is 26.4. The maximum atomic E-state index is 12.8. The van der Waals surface area contributed by atoms with Crippen LogP contribution in [0.2, 0.25) is 0 Å². The van der Waals surface area contributed by atoms with Gasteiger partial charge in [0.1, 0.15) is 6.61 Å². The highest BCUT2D eigenvalue weighted by atomic mass is 31.2. The fourth-order valence-corrected chi connectivity index (χ4v) is 8.69. The Morgan fingerprint density at radius 2 is 0.908 bits per heavy atom. The highest BCUT2D eigenvalue weighted by Gasteiger charge is 2.29. The first kappa shape index (κ1) is 60.6. The van der Waals surface area contributed by atoms with E-state index in [1.807, 2.05) is 0 Å². The second-order valence-corrected chi connectivity index (χ2v) is 19.5. The van der Waals surface area contributed by atoms with Crippen molar-refractivity contribution in [2.24, 2.45) is 0 Å². The minimum absolute atomic E-state index is 0.0852. The van der Waals surface area contributed by atoms with Gasteiger partial charge in [-0.15, -0.1) is 0 Å². The highest BCUT2D eigenvalue weighted by molar-refractivity contribution is 7.47. The van der Waals surface area contributed by atoms with Gasteiger partial charge in [0.2, 0.25) is 5.91 Å². The number of nitrogens with zero attached hydrogens (tertiary/aromatic N) is 1. The van der Waals surface area contributed by atoms with E-state index in [0.717, 1.165) is 50.7 Å². The van der Waals surface area contributed by atoms with Crippen molar-refractivity contribution in [3.63, 3.8) is 0 Å². The summed E-state index contributed by atoms with van der Waals surface area (Å²) in [7, 11) is -4.51. The zero-order valence-corrected chi connectivity index (χ0v) is 42.0. The largest absolute Gasteiger partial charge is 0.472 e. The Balaban J connectivity index is 2.33. The van der Waals surface area contributed by atoms with Gasteiger partial charge in [-0.05, 0) is 32.2 Å². The van der Waals surface area contributed by atoms with Crippen LogP contribution >= 0.6 is 7.82 Å². The van der Waals surface area contributed by atoms with E-state index in [9.17, 15) is 33.4 Å². The summed E-state index contributed by atoms with van der Waals surface area (Å²) in [5.41, 5.74) is 0. The summed E-state index contributed by atoms with van der Waals surface area (Å²) in [6, 6.07) is 0. The normalized spacial score (nSPS) is 14.0. The number of hydrogen-bond donors (Lipinski definition) is 2. The molecule has 14 heteroatoms. The lowest BCUT2D eigenvalue weighted by molar-refractivity contribution is -0.161. The fourth-order valence-electron chi connectivity index (χ4n) is 7.93. The molecule has 1 aliphatic heterocycles. The standard InChI is InChI=1S/C51H93N2O11P/c1-3-5-7-9-11-13-15-17-19-21-23-25-27-29-33-37-50(57)61-44-46(64-51(58)38-34-30-28-26-24-22-20-18-16-14-12-10-8-6-4-2)45-63-65(59,60)62-43-42-52-41-35-31-32-36-47(54)53-48(55)39-40-49(53)56/h39-40,46,52H,3-38,41-45H2,1-2H3,(H,59,60)/t46-/m1/s1. The predicted octanol–water partition coefficient (Wildman–Crippen LogP) is 12.7. The Kier molecular flexibility index (Phi) is 40.0. The number of hydrogen-bond acceptors (Lipinski definition) is 11. The highest BCUT2D eigenvalue weighted by Crippen LogP contribution is 2.43. The van der Waals surface area contributed by atoms with Gasteiger partial charge in [-0.2, -0.15) is 0 Å². The third kappa shape index (κ3) is 37.3. The number of nitrogens with one attached hydrogen (secondary N) is 1. The molecule has 0 aromatic heterocycles. The molecule has 0 bridgehead atoms. The molecule has 1 unspecified atom stereocenters. The number of phosphoric ester groups is 1. The van der Waals surface area contributed by atoms with Crippen molar-refractivity contribution >= 4 is 37.5 Å². The van der Waals surface area contributed by atoms with E-state index in [4.69, 9.17) is 18.5 Å². The number of esters is 2. The Labute approximate surface area is 394 Å². The minimum Gasteiger partial charge on any atom is -0.462 e. The van der Waals surface area contributed by atoms with Crippen LogP contribution in [0.4, 0.5) is 0 Å². The number of rotatable bonds is 48. The third-order valence-electron chi connectivity index (χ3n) is 12.0. The van der Waals surface area contributed by atoms with Gasteiger partial charge >= 0.3 is 19.8 Å². The molecule has 2 N–H and O–H groups in total. The second-order valence-electron chi connectivity index (χ2n) is 18.1. The van der Waals surface area contributed by atoms with Crippen LogP contribution in [0.1, 0.15) is 245 Å². The maximum Gasteiger partial charge on any atom is 0.472 e. The molecule has 3 amide bonds. The Bertz CT molecular complexity index is 1290. The molecular weight excluding hydrogens is 848 g/mol. The van der Waals surface area contributed by atoms with E-state index in [2.05, 4.69) is 19.2 Å². The number of carbonyl (C=O) groups excluding carboxylic acids is 5. The molecule has 0 radical (unpaired) electrons. The summed E-state index contributed by atoms with van der Waals surface area (Å²) in [5.74, 6) is -2.62. The van der Waals surface area contributed by atoms with Crippen LogP contribution in [0.15, 0.2) is 12.2 Å². The fraction of sp³-hybridized carbons (Fsp3) is 0.863. The number of phosphoric acid groups is 1. The summed E-state index contributed by atoms with van der Waals surface area (Å²) < 4.78 is 34.0. The molecule has 0 aromatic carbocycles. The number of carbonyl (C=O) groups is 5. The first-order chi connectivity index (χ1) is 31.6.